The summed E-state index contributed by atoms with van der Waals surface area (Å²) < 4.78 is 27.4. The number of ether oxygens (including phenoxy) is 5. The number of hydrogen-bond acceptors (Lipinski definition) is 8. The van der Waals surface area contributed by atoms with E-state index in [1.54, 1.807) is 0 Å². The lowest BCUT2D eigenvalue weighted by Crippen LogP contribution is -2.12. The molecule has 0 unspecified atom stereocenters. The van der Waals surface area contributed by atoms with E-state index in [2.05, 4.69) is 9.97 Å². The summed E-state index contributed by atoms with van der Waals surface area (Å²) in [5.74, 6) is 2.71. The number of benzene rings is 2. The van der Waals surface area contributed by atoms with Gasteiger partial charge in [0.1, 0.15) is 6.61 Å². The molecule has 0 aliphatic carbocycles. The van der Waals surface area contributed by atoms with E-state index in [4.69, 9.17) is 29.4 Å². The summed E-state index contributed by atoms with van der Waals surface area (Å²) in [4.78, 5) is 9.05. The van der Waals surface area contributed by atoms with Gasteiger partial charge in [-0.15, -0.1) is 0 Å². The molecule has 0 spiro atoms. The molecule has 26 heavy (non-hydrogen) atoms. The number of fused-ring (bicyclic) bond motifs is 3. The van der Waals surface area contributed by atoms with Crippen molar-refractivity contribution in [2.75, 3.05) is 26.7 Å². The highest BCUT2D eigenvalue weighted by Crippen LogP contribution is 2.41. The van der Waals surface area contributed by atoms with Gasteiger partial charge in [-0.3, -0.25) is 0 Å². The van der Waals surface area contributed by atoms with Crippen molar-refractivity contribution in [3.8, 4) is 40.3 Å². The van der Waals surface area contributed by atoms with Crippen molar-refractivity contribution >= 4 is 10.9 Å². The first-order valence-corrected chi connectivity index (χ1v) is 8.16. The van der Waals surface area contributed by atoms with Crippen LogP contribution in [-0.4, -0.2) is 36.7 Å². The molecule has 3 heterocycles. The van der Waals surface area contributed by atoms with E-state index in [9.17, 15) is 0 Å². The van der Waals surface area contributed by atoms with Crippen LogP contribution in [0.5, 0.6) is 29.0 Å². The third-order valence-corrected chi connectivity index (χ3v) is 4.16. The summed E-state index contributed by atoms with van der Waals surface area (Å²) in [5.41, 5.74) is 7.79. The fourth-order valence-corrected chi connectivity index (χ4v) is 2.98. The van der Waals surface area contributed by atoms with Gasteiger partial charge in [-0.2, -0.15) is 9.97 Å². The molecule has 132 valence electrons. The largest absolute Gasteiger partial charge is 0.462 e. The van der Waals surface area contributed by atoms with Crippen LogP contribution in [0, 0.1) is 0 Å². The van der Waals surface area contributed by atoms with Crippen molar-refractivity contribution in [2.45, 2.75) is 0 Å². The molecule has 0 fully saturated rings. The minimum Gasteiger partial charge on any atom is -0.462 e. The van der Waals surface area contributed by atoms with Gasteiger partial charge >= 0.3 is 6.01 Å². The fourth-order valence-electron chi connectivity index (χ4n) is 2.98. The molecule has 0 radical (unpaired) electrons. The first-order chi connectivity index (χ1) is 12.8. The fraction of sp³-hybridized carbons (Fsp3) is 0.222. The van der Waals surface area contributed by atoms with E-state index < -0.39 is 0 Å². The quantitative estimate of drug-likeness (QED) is 0.761. The molecule has 2 aliphatic heterocycles. The average Bonchev–Trinajstić information content (AvgIpc) is 3.31. The third kappa shape index (κ3) is 2.42. The molecular weight excluding hydrogens is 338 g/mol. The second kappa shape index (κ2) is 5.92. The van der Waals surface area contributed by atoms with E-state index in [0.29, 0.717) is 47.4 Å². The second-order valence-corrected chi connectivity index (χ2v) is 5.78. The van der Waals surface area contributed by atoms with E-state index in [0.717, 1.165) is 10.9 Å². The summed E-state index contributed by atoms with van der Waals surface area (Å²) in [7, 11) is 0. The number of aromatic nitrogens is 2. The molecule has 5 rings (SSSR count). The van der Waals surface area contributed by atoms with Crippen LogP contribution in [0.15, 0.2) is 30.3 Å². The Labute approximate surface area is 148 Å². The predicted molar refractivity (Wildman–Crippen MR) is 91.8 cm³/mol. The van der Waals surface area contributed by atoms with E-state index in [1.807, 2.05) is 30.3 Å². The zero-order valence-electron chi connectivity index (χ0n) is 13.7. The van der Waals surface area contributed by atoms with Crippen molar-refractivity contribution in [1.29, 1.82) is 0 Å². The van der Waals surface area contributed by atoms with Crippen LogP contribution in [0.2, 0.25) is 0 Å². The van der Waals surface area contributed by atoms with E-state index >= 15 is 0 Å². The minimum atomic E-state index is 0.189. The highest BCUT2D eigenvalue weighted by atomic mass is 16.7. The van der Waals surface area contributed by atoms with Gasteiger partial charge in [-0.25, -0.2) is 0 Å². The molecule has 2 aromatic carbocycles. The third-order valence-electron chi connectivity index (χ3n) is 4.16. The molecule has 8 heteroatoms. The van der Waals surface area contributed by atoms with E-state index in [1.165, 1.54) is 0 Å². The summed E-state index contributed by atoms with van der Waals surface area (Å²) in [6.45, 7) is 1.11. The smallest absolute Gasteiger partial charge is 0.317 e. The summed E-state index contributed by atoms with van der Waals surface area (Å²) in [5, 5.41) is 0.827. The maximum atomic E-state index is 5.56. The molecular formula is C18H15N3O5. The first kappa shape index (κ1) is 15.0. The van der Waals surface area contributed by atoms with Gasteiger partial charge in [0.2, 0.25) is 13.6 Å². The van der Waals surface area contributed by atoms with Gasteiger partial charge in [-0.05, 0) is 24.3 Å². The summed E-state index contributed by atoms with van der Waals surface area (Å²) in [6.07, 6.45) is 0. The first-order valence-electron chi connectivity index (χ1n) is 8.16. The van der Waals surface area contributed by atoms with Gasteiger partial charge in [-0.1, -0.05) is 0 Å². The van der Waals surface area contributed by atoms with Gasteiger partial charge < -0.3 is 29.4 Å². The van der Waals surface area contributed by atoms with Crippen LogP contribution < -0.4 is 29.4 Å². The molecule has 0 bridgehead atoms. The molecule has 1 aromatic heterocycles. The molecule has 0 amide bonds. The molecule has 8 nitrogen and oxygen atoms in total. The zero-order chi connectivity index (χ0) is 17.5. The lowest BCUT2D eigenvalue weighted by atomic mass is 10.1. The Morgan fingerprint density at radius 1 is 0.885 bits per heavy atom. The van der Waals surface area contributed by atoms with Gasteiger partial charge in [0, 0.05) is 23.6 Å². The zero-order valence-corrected chi connectivity index (χ0v) is 13.7. The molecule has 0 atom stereocenters. The second-order valence-electron chi connectivity index (χ2n) is 5.78. The number of rotatable bonds is 4. The minimum absolute atomic E-state index is 0.189. The van der Waals surface area contributed by atoms with Gasteiger partial charge in [0.25, 0.3) is 0 Å². The normalized spacial score (nSPS) is 14.0. The van der Waals surface area contributed by atoms with Crippen LogP contribution >= 0.6 is 0 Å². The molecule has 0 saturated carbocycles. The topological polar surface area (TPSA) is 98.0 Å². The molecule has 3 aromatic rings. The lowest BCUT2D eigenvalue weighted by Gasteiger charge is -2.11. The summed E-state index contributed by atoms with van der Waals surface area (Å²) >= 11 is 0. The molecule has 2 aliphatic rings. The molecule has 0 saturated heterocycles. The number of hydrogen-bond donors (Lipinski definition) is 1. The Hall–Kier alpha value is -3.26. The van der Waals surface area contributed by atoms with Gasteiger partial charge in [0.05, 0.1) is 11.2 Å². The van der Waals surface area contributed by atoms with Gasteiger partial charge in [0.15, 0.2) is 23.0 Å². The number of nitrogens with two attached hydrogens (primary N) is 1. The van der Waals surface area contributed by atoms with Crippen molar-refractivity contribution in [3.05, 3.63) is 30.3 Å². The summed E-state index contributed by atoms with van der Waals surface area (Å²) in [6, 6.07) is 9.64. The van der Waals surface area contributed by atoms with Crippen molar-refractivity contribution < 1.29 is 23.7 Å². The highest BCUT2D eigenvalue weighted by molar-refractivity contribution is 5.95. The molecule has 2 N–H and O–H groups in total. The van der Waals surface area contributed by atoms with Crippen LogP contribution in [0.25, 0.3) is 22.2 Å². The van der Waals surface area contributed by atoms with Crippen LogP contribution in [0.3, 0.4) is 0 Å². The highest BCUT2D eigenvalue weighted by Gasteiger charge is 2.21. The maximum absolute atomic E-state index is 5.56. The number of nitrogens with zero attached hydrogens (tertiary/aromatic N) is 2. The Balaban J connectivity index is 1.70. The lowest BCUT2D eigenvalue weighted by molar-refractivity contribution is 0.173. The standard InChI is InChI=1S/C18H15N3O5/c19-3-4-22-18-20-12-7-16-15(25-9-26-16)6-11(12)17(21-18)10-1-2-13-14(5-10)24-8-23-13/h1-2,5-7H,3-4,8-9,19H2. The van der Waals surface area contributed by atoms with Crippen LogP contribution in [0.1, 0.15) is 0 Å². The average molecular weight is 353 g/mol. The van der Waals surface area contributed by atoms with Crippen molar-refractivity contribution in [3.63, 3.8) is 0 Å². The Morgan fingerprint density at radius 3 is 2.42 bits per heavy atom. The van der Waals surface area contributed by atoms with E-state index in [-0.39, 0.29) is 19.6 Å². The van der Waals surface area contributed by atoms with Crippen LogP contribution in [-0.2, 0) is 0 Å². The van der Waals surface area contributed by atoms with Crippen LogP contribution in [0.4, 0.5) is 0 Å². The SMILES string of the molecule is NCCOc1nc(-c2ccc3c(c2)OCO3)c2cc3c(cc2n1)OCO3. The van der Waals surface area contributed by atoms with Crippen molar-refractivity contribution in [1.82, 2.24) is 9.97 Å². The maximum Gasteiger partial charge on any atom is 0.317 e. The Kier molecular flexibility index (Phi) is 3.42. The Bertz CT molecular complexity index is 1010. The monoisotopic (exact) mass is 353 g/mol. The van der Waals surface area contributed by atoms with Crippen molar-refractivity contribution in [2.24, 2.45) is 5.73 Å². The Morgan fingerprint density at radius 2 is 1.62 bits per heavy atom. The predicted octanol–water partition coefficient (Wildman–Crippen LogP) is 2.09.